The molecule has 0 aromatic heterocycles. The molecule has 0 radical (unpaired) electrons. The lowest BCUT2D eigenvalue weighted by Gasteiger charge is -2.28. The Morgan fingerprint density at radius 1 is 1.30 bits per heavy atom. The number of carbonyl (C=O) groups excluding carboxylic acids is 2. The summed E-state index contributed by atoms with van der Waals surface area (Å²) in [4.78, 5) is 23.9. The van der Waals surface area contributed by atoms with Crippen molar-refractivity contribution >= 4 is 23.3 Å². The fourth-order valence-corrected chi connectivity index (χ4v) is 2.66. The highest BCUT2D eigenvalue weighted by Gasteiger charge is 2.28. The first-order chi connectivity index (χ1) is 9.27. The number of rotatable bonds is 2. The normalized spacial score (nSPS) is 17.6. The minimum atomic E-state index is -0.268. The van der Waals surface area contributed by atoms with Gasteiger partial charge < -0.3 is 5.32 Å². The summed E-state index contributed by atoms with van der Waals surface area (Å²) in [6.07, 6.45) is 2.71. The molecule has 1 aromatic rings. The molecule has 0 atom stereocenters. The predicted octanol–water partition coefficient (Wildman–Crippen LogP) is 3.65. The molecule has 0 unspecified atom stereocenters. The Hall–Kier alpha value is -1.61. The van der Waals surface area contributed by atoms with Crippen molar-refractivity contribution in [3.63, 3.8) is 0 Å². The molecule has 0 spiro atoms. The van der Waals surface area contributed by atoms with E-state index in [2.05, 4.69) is 5.32 Å². The van der Waals surface area contributed by atoms with E-state index in [1.54, 1.807) is 12.1 Å². The van der Waals surface area contributed by atoms with Crippen LogP contribution in [0.2, 0.25) is 5.02 Å². The molecule has 1 N–H and O–H groups in total. The molecule has 106 valence electrons. The predicted molar refractivity (Wildman–Crippen MR) is 79.8 cm³/mol. The molecule has 0 saturated heterocycles. The molecule has 0 aliphatic heterocycles. The van der Waals surface area contributed by atoms with Gasteiger partial charge in [-0.25, -0.2) is 0 Å². The van der Waals surface area contributed by atoms with Crippen molar-refractivity contribution < 1.29 is 9.59 Å². The van der Waals surface area contributed by atoms with Crippen molar-refractivity contribution in [2.24, 2.45) is 5.41 Å². The van der Waals surface area contributed by atoms with E-state index in [1.807, 2.05) is 26.8 Å². The molecule has 0 fully saturated rings. The Morgan fingerprint density at radius 3 is 2.65 bits per heavy atom. The molecule has 0 bridgehead atoms. The minimum absolute atomic E-state index is 0.0480. The summed E-state index contributed by atoms with van der Waals surface area (Å²) < 4.78 is 0. The molecular weight excluding hydrogens is 274 g/mol. The molecule has 0 saturated carbocycles. The van der Waals surface area contributed by atoms with Crippen LogP contribution in [0, 0.1) is 12.3 Å². The lowest BCUT2D eigenvalue weighted by molar-refractivity contribution is -0.117. The molecule has 2 rings (SSSR count). The zero-order valence-electron chi connectivity index (χ0n) is 11.9. The molecule has 4 heteroatoms. The number of amides is 1. The summed E-state index contributed by atoms with van der Waals surface area (Å²) in [5.41, 5.74) is 1.94. The van der Waals surface area contributed by atoms with Crippen LogP contribution in [0.3, 0.4) is 0 Å². The Labute approximate surface area is 124 Å². The maximum Gasteiger partial charge on any atom is 0.256 e. The van der Waals surface area contributed by atoms with Crippen molar-refractivity contribution in [3.8, 4) is 0 Å². The van der Waals surface area contributed by atoms with Crippen LogP contribution in [-0.2, 0) is 4.79 Å². The standard InChI is InChI=1S/C16H18ClNO2/c1-10-4-5-14(17)13(6-10)15(20)18-11-7-12(19)9-16(2,3)8-11/h4-7H,8-9H2,1-3H3,(H,18,20). The molecule has 1 aliphatic carbocycles. The SMILES string of the molecule is Cc1ccc(Cl)c(C(=O)NC2=CC(=O)CC(C)(C)C2)c1. The van der Waals surface area contributed by atoms with Crippen LogP contribution in [0.1, 0.15) is 42.6 Å². The van der Waals surface area contributed by atoms with Gasteiger partial charge in [0.15, 0.2) is 5.78 Å². The summed E-state index contributed by atoms with van der Waals surface area (Å²) in [6.45, 7) is 5.94. The van der Waals surface area contributed by atoms with Crippen molar-refractivity contribution in [1.29, 1.82) is 0 Å². The van der Waals surface area contributed by atoms with Crippen molar-refractivity contribution in [2.75, 3.05) is 0 Å². The van der Waals surface area contributed by atoms with Crippen LogP contribution in [0.25, 0.3) is 0 Å². The van der Waals surface area contributed by atoms with E-state index in [-0.39, 0.29) is 17.1 Å². The van der Waals surface area contributed by atoms with E-state index in [1.165, 1.54) is 6.08 Å². The van der Waals surface area contributed by atoms with Crippen LogP contribution < -0.4 is 5.32 Å². The monoisotopic (exact) mass is 291 g/mol. The second-order valence-corrected chi connectivity index (χ2v) is 6.50. The summed E-state index contributed by atoms with van der Waals surface area (Å²) in [5.74, 6) is -0.220. The van der Waals surface area contributed by atoms with Gasteiger partial charge in [-0.1, -0.05) is 37.1 Å². The third kappa shape index (κ3) is 3.48. The minimum Gasteiger partial charge on any atom is -0.326 e. The van der Waals surface area contributed by atoms with E-state index in [0.29, 0.717) is 29.1 Å². The van der Waals surface area contributed by atoms with Gasteiger partial charge >= 0.3 is 0 Å². The number of benzene rings is 1. The number of halogens is 1. The largest absolute Gasteiger partial charge is 0.326 e. The Morgan fingerprint density at radius 2 is 2.00 bits per heavy atom. The van der Waals surface area contributed by atoms with Crippen molar-refractivity contribution in [2.45, 2.75) is 33.6 Å². The van der Waals surface area contributed by atoms with E-state index in [4.69, 9.17) is 11.6 Å². The lowest BCUT2D eigenvalue weighted by Crippen LogP contribution is -2.31. The Bertz CT molecular complexity index is 602. The van der Waals surface area contributed by atoms with Gasteiger partial charge in [0.25, 0.3) is 5.91 Å². The average molecular weight is 292 g/mol. The average Bonchev–Trinajstić information content (AvgIpc) is 2.29. The summed E-state index contributed by atoms with van der Waals surface area (Å²) in [6, 6.07) is 5.30. The first-order valence-electron chi connectivity index (χ1n) is 6.58. The highest BCUT2D eigenvalue weighted by molar-refractivity contribution is 6.33. The van der Waals surface area contributed by atoms with Gasteiger partial charge in [0.05, 0.1) is 10.6 Å². The van der Waals surface area contributed by atoms with Gasteiger partial charge in [-0.05, 0) is 30.9 Å². The maximum atomic E-state index is 12.3. The summed E-state index contributed by atoms with van der Waals surface area (Å²) in [7, 11) is 0. The maximum absolute atomic E-state index is 12.3. The second-order valence-electron chi connectivity index (χ2n) is 6.09. The Kier molecular flexibility index (Phi) is 4.00. The van der Waals surface area contributed by atoms with Crippen LogP contribution in [0.5, 0.6) is 0 Å². The third-order valence-electron chi connectivity index (χ3n) is 3.30. The van der Waals surface area contributed by atoms with Gasteiger partial charge in [0, 0.05) is 18.2 Å². The fraction of sp³-hybridized carbons (Fsp3) is 0.375. The number of nitrogens with one attached hydrogen (secondary N) is 1. The number of carbonyl (C=O) groups is 2. The first-order valence-corrected chi connectivity index (χ1v) is 6.95. The van der Waals surface area contributed by atoms with Crippen LogP contribution in [-0.4, -0.2) is 11.7 Å². The second kappa shape index (κ2) is 5.41. The van der Waals surface area contributed by atoms with Crippen LogP contribution >= 0.6 is 11.6 Å². The fourth-order valence-electron chi connectivity index (χ4n) is 2.45. The van der Waals surface area contributed by atoms with Gasteiger partial charge in [0.2, 0.25) is 0 Å². The smallest absolute Gasteiger partial charge is 0.256 e. The molecule has 3 nitrogen and oxygen atoms in total. The van der Waals surface area contributed by atoms with E-state index < -0.39 is 0 Å². The Balaban J connectivity index is 2.20. The first kappa shape index (κ1) is 14.8. The number of hydrogen-bond donors (Lipinski definition) is 1. The number of ketones is 1. The topological polar surface area (TPSA) is 46.2 Å². The van der Waals surface area contributed by atoms with Gasteiger partial charge in [-0.2, -0.15) is 0 Å². The van der Waals surface area contributed by atoms with Crippen LogP contribution in [0.15, 0.2) is 30.0 Å². The van der Waals surface area contributed by atoms with Crippen LogP contribution in [0.4, 0.5) is 0 Å². The highest BCUT2D eigenvalue weighted by atomic mass is 35.5. The third-order valence-corrected chi connectivity index (χ3v) is 3.63. The molecular formula is C16H18ClNO2. The highest BCUT2D eigenvalue weighted by Crippen LogP contribution is 2.32. The van der Waals surface area contributed by atoms with Crippen molar-refractivity contribution in [3.05, 3.63) is 46.1 Å². The summed E-state index contributed by atoms with van der Waals surface area (Å²) in [5, 5.41) is 3.22. The van der Waals surface area contributed by atoms with E-state index in [9.17, 15) is 9.59 Å². The van der Waals surface area contributed by atoms with Gasteiger partial charge in [0.1, 0.15) is 0 Å². The number of hydrogen-bond acceptors (Lipinski definition) is 2. The van der Waals surface area contributed by atoms with Gasteiger partial charge in [-0.3, -0.25) is 9.59 Å². The molecule has 1 aliphatic rings. The molecule has 1 aromatic carbocycles. The zero-order chi connectivity index (χ0) is 14.9. The van der Waals surface area contributed by atoms with Crippen molar-refractivity contribution in [1.82, 2.24) is 5.32 Å². The number of allylic oxidation sites excluding steroid dienone is 2. The quantitative estimate of drug-likeness (QED) is 0.904. The van der Waals surface area contributed by atoms with E-state index >= 15 is 0 Å². The molecule has 1 amide bonds. The van der Waals surface area contributed by atoms with Gasteiger partial charge in [-0.15, -0.1) is 0 Å². The lowest BCUT2D eigenvalue weighted by atomic mass is 9.79. The summed E-state index contributed by atoms with van der Waals surface area (Å²) >= 11 is 6.05. The van der Waals surface area contributed by atoms with E-state index in [0.717, 1.165) is 5.56 Å². The zero-order valence-corrected chi connectivity index (χ0v) is 12.7. The molecule has 0 heterocycles. The number of aryl methyl sites for hydroxylation is 1. The molecule has 20 heavy (non-hydrogen) atoms.